The first-order valence-electron chi connectivity index (χ1n) is 8.88. The van der Waals surface area contributed by atoms with Crippen LogP contribution in [0.5, 0.6) is 0 Å². The number of pyridine rings is 1. The van der Waals surface area contributed by atoms with Gasteiger partial charge in [0.25, 0.3) is 0 Å². The van der Waals surface area contributed by atoms with E-state index in [1.165, 1.54) is 0 Å². The highest BCUT2D eigenvalue weighted by molar-refractivity contribution is 8.76. The molecular formula is C17H24N4O2S3. The molecule has 2 aliphatic rings. The normalized spacial score (nSPS) is 24.0. The predicted molar refractivity (Wildman–Crippen MR) is 110 cm³/mol. The average molecular weight is 413 g/mol. The molecule has 0 spiro atoms. The van der Waals surface area contributed by atoms with Crippen LogP contribution in [0.15, 0.2) is 29.4 Å². The quantitative estimate of drug-likeness (QED) is 0.311. The molecule has 3 amide bonds. The molecule has 0 unspecified atom stereocenters. The van der Waals surface area contributed by atoms with Crippen LogP contribution in [-0.4, -0.2) is 52.3 Å². The van der Waals surface area contributed by atoms with Gasteiger partial charge in [-0.15, -0.1) is 0 Å². The SMILES string of the molecule is O=C(CCCC[C@H]1SC[C@H]2NC(=O)N[C@@H]21)NCCSSc1ccccn1. The number of nitrogens with zero attached hydrogens (tertiary/aromatic N) is 1. The Balaban J connectivity index is 1.19. The van der Waals surface area contributed by atoms with Crippen LogP contribution >= 0.6 is 33.3 Å². The number of aromatic nitrogens is 1. The average Bonchev–Trinajstić information content (AvgIpc) is 3.19. The zero-order valence-corrected chi connectivity index (χ0v) is 16.9. The number of hydrogen-bond acceptors (Lipinski definition) is 6. The number of rotatable bonds is 10. The van der Waals surface area contributed by atoms with Crippen molar-refractivity contribution in [2.75, 3.05) is 18.1 Å². The minimum Gasteiger partial charge on any atom is -0.355 e. The maximum absolute atomic E-state index is 11.9. The van der Waals surface area contributed by atoms with Crippen LogP contribution in [0.4, 0.5) is 4.79 Å². The molecule has 6 nitrogen and oxygen atoms in total. The molecule has 0 radical (unpaired) electrons. The molecule has 26 heavy (non-hydrogen) atoms. The standard InChI is InChI=1S/C17H24N4O2S3/c22-14(18-9-10-25-26-15-7-3-4-8-19-15)6-2-1-5-13-16-12(11-24-13)20-17(23)21-16/h3-4,7-8,12-13,16H,1-2,5-6,9-11H2,(H,18,22)(H2,20,21,23)/t12-,13-,16+/m1/s1. The van der Waals surface area contributed by atoms with Gasteiger partial charge in [-0.25, -0.2) is 9.78 Å². The lowest BCUT2D eigenvalue weighted by molar-refractivity contribution is -0.121. The number of carbonyl (C=O) groups is 2. The number of urea groups is 1. The van der Waals surface area contributed by atoms with Gasteiger partial charge in [0.1, 0.15) is 5.03 Å². The zero-order chi connectivity index (χ0) is 18.2. The van der Waals surface area contributed by atoms with Gasteiger partial charge in [0.05, 0.1) is 12.1 Å². The Morgan fingerprint density at radius 1 is 1.35 bits per heavy atom. The maximum atomic E-state index is 11.9. The fourth-order valence-electron chi connectivity index (χ4n) is 3.09. The molecule has 0 saturated carbocycles. The molecule has 3 N–H and O–H groups in total. The summed E-state index contributed by atoms with van der Waals surface area (Å²) in [7, 11) is 3.33. The van der Waals surface area contributed by atoms with Crippen molar-refractivity contribution in [3.63, 3.8) is 0 Å². The molecule has 3 atom stereocenters. The van der Waals surface area contributed by atoms with Crippen molar-refractivity contribution < 1.29 is 9.59 Å². The Hall–Kier alpha value is -1.06. The third kappa shape index (κ3) is 5.99. The molecule has 3 rings (SSSR count). The molecule has 0 aromatic carbocycles. The molecule has 3 heterocycles. The van der Waals surface area contributed by atoms with E-state index in [0.717, 1.165) is 35.8 Å². The van der Waals surface area contributed by atoms with E-state index in [4.69, 9.17) is 0 Å². The number of thioether (sulfide) groups is 1. The van der Waals surface area contributed by atoms with Crippen molar-refractivity contribution in [3.05, 3.63) is 24.4 Å². The van der Waals surface area contributed by atoms with Crippen molar-refractivity contribution >= 4 is 45.3 Å². The van der Waals surface area contributed by atoms with E-state index in [0.29, 0.717) is 18.2 Å². The van der Waals surface area contributed by atoms with E-state index < -0.39 is 0 Å². The van der Waals surface area contributed by atoms with Crippen LogP contribution in [0.2, 0.25) is 0 Å². The van der Waals surface area contributed by atoms with Gasteiger partial charge < -0.3 is 16.0 Å². The lowest BCUT2D eigenvalue weighted by atomic mass is 10.0. The summed E-state index contributed by atoms with van der Waals surface area (Å²) in [5.41, 5.74) is 0. The minimum absolute atomic E-state index is 0.0382. The molecule has 9 heteroatoms. The van der Waals surface area contributed by atoms with Crippen molar-refractivity contribution in [3.8, 4) is 0 Å². The smallest absolute Gasteiger partial charge is 0.315 e. The third-order valence-electron chi connectivity index (χ3n) is 4.37. The highest BCUT2D eigenvalue weighted by Crippen LogP contribution is 2.33. The Labute approximate surface area is 166 Å². The topological polar surface area (TPSA) is 83.1 Å². The summed E-state index contributed by atoms with van der Waals surface area (Å²) in [6.07, 6.45) is 5.34. The summed E-state index contributed by atoms with van der Waals surface area (Å²) in [6.45, 7) is 0.684. The van der Waals surface area contributed by atoms with Gasteiger partial charge in [-0.2, -0.15) is 11.8 Å². The van der Waals surface area contributed by atoms with Crippen LogP contribution in [0.1, 0.15) is 25.7 Å². The largest absolute Gasteiger partial charge is 0.355 e. The van der Waals surface area contributed by atoms with Crippen LogP contribution in [0, 0.1) is 0 Å². The second-order valence-corrected chi connectivity index (χ2v) is 10.00. The molecular weight excluding hydrogens is 388 g/mol. The van der Waals surface area contributed by atoms with Gasteiger partial charge >= 0.3 is 6.03 Å². The number of unbranched alkanes of at least 4 members (excludes halogenated alkanes) is 1. The van der Waals surface area contributed by atoms with E-state index in [9.17, 15) is 9.59 Å². The Morgan fingerprint density at radius 3 is 3.12 bits per heavy atom. The molecule has 2 fully saturated rings. The molecule has 2 saturated heterocycles. The van der Waals surface area contributed by atoms with Crippen LogP contribution in [0.3, 0.4) is 0 Å². The van der Waals surface area contributed by atoms with E-state index >= 15 is 0 Å². The van der Waals surface area contributed by atoms with Crippen LogP contribution in [0.25, 0.3) is 0 Å². The van der Waals surface area contributed by atoms with Crippen LogP contribution < -0.4 is 16.0 Å². The summed E-state index contributed by atoms with van der Waals surface area (Å²) < 4.78 is 0. The van der Waals surface area contributed by atoms with E-state index in [-0.39, 0.29) is 24.0 Å². The van der Waals surface area contributed by atoms with Gasteiger partial charge in [-0.3, -0.25) is 4.79 Å². The molecule has 1 aromatic heterocycles. The van der Waals surface area contributed by atoms with E-state index in [1.807, 2.05) is 30.0 Å². The van der Waals surface area contributed by atoms with Crippen molar-refractivity contribution in [2.24, 2.45) is 0 Å². The number of nitrogens with one attached hydrogen (secondary N) is 3. The second-order valence-electron chi connectivity index (χ2n) is 6.29. The van der Waals surface area contributed by atoms with Gasteiger partial charge in [-0.05, 0) is 35.8 Å². The van der Waals surface area contributed by atoms with E-state index in [2.05, 4.69) is 20.9 Å². The Morgan fingerprint density at radius 2 is 2.27 bits per heavy atom. The first-order valence-corrected chi connectivity index (χ1v) is 12.2. The zero-order valence-electron chi connectivity index (χ0n) is 14.5. The van der Waals surface area contributed by atoms with Crippen LogP contribution in [-0.2, 0) is 4.79 Å². The first-order chi connectivity index (χ1) is 12.7. The Bertz CT molecular complexity index is 605. The van der Waals surface area contributed by atoms with Gasteiger partial charge in [-0.1, -0.05) is 23.3 Å². The highest BCUT2D eigenvalue weighted by atomic mass is 33.1. The fraction of sp³-hybridized carbons (Fsp3) is 0.588. The summed E-state index contributed by atoms with van der Waals surface area (Å²) in [6, 6.07) is 6.35. The lowest BCUT2D eigenvalue weighted by Crippen LogP contribution is -2.36. The number of fused-ring (bicyclic) bond motifs is 1. The summed E-state index contributed by atoms with van der Waals surface area (Å²) in [5, 5.41) is 10.4. The number of amides is 3. The minimum atomic E-state index is -0.0382. The van der Waals surface area contributed by atoms with Gasteiger partial charge in [0.15, 0.2) is 0 Å². The number of hydrogen-bond donors (Lipinski definition) is 3. The lowest BCUT2D eigenvalue weighted by Gasteiger charge is -2.16. The van der Waals surface area contributed by atoms with Crippen molar-refractivity contribution in [1.29, 1.82) is 0 Å². The molecule has 0 aliphatic carbocycles. The predicted octanol–water partition coefficient (Wildman–Crippen LogP) is 2.66. The van der Waals surface area contributed by atoms with Crippen molar-refractivity contribution in [1.82, 2.24) is 20.9 Å². The number of carbonyl (C=O) groups excluding carboxylic acids is 2. The summed E-state index contributed by atoms with van der Waals surface area (Å²) >= 11 is 1.92. The molecule has 0 bridgehead atoms. The maximum Gasteiger partial charge on any atom is 0.315 e. The third-order valence-corrected chi connectivity index (χ3v) is 8.15. The highest BCUT2D eigenvalue weighted by Gasteiger charge is 2.42. The van der Waals surface area contributed by atoms with Gasteiger partial charge in [0.2, 0.25) is 5.91 Å². The van der Waals surface area contributed by atoms with Gasteiger partial charge in [0, 0.05) is 35.9 Å². The molecule has 2 aliphatic heterocycles. The first kappa shape index (κ1) is 19.7. The van der Waals surface area contributed by atoms with Crippen molar-refractivity contribution in [2.45, 2.75) is 48.0 Å². The summed E-state index contributed by atoms with van der Waals surface area (Å²) in [5.74, 6) is 1.98. The fourth-order valence-corrected chi connectivity index (χ4v) is 6.42. The van der Waals surface area contributed by atoms with E-state index in [1.54, 1.807) is 27.8 Å². The molecule has 1 aromatic rings. The monoisotopic (exact) mass is 412 g/mol. The second kappa shape index (κ2) is 10.3. The Kier molecular flexibility index (Phi) is 7.82. The molecule has 142 valence electrons. The summed E-state index contributed by atoms with van der Waals surface area (Å²) in [4.78, 5) is 27.5.